The number of carbonyl (C=O) groups is 1. The molecule has 2 aliphatic rings. The first-order chi connectivity index (χ1) is 12.5. The van der Waals surface area contributed by atoms with Crippen molar-refractivity contribution in [2.24, 2.45) is 11.8 Å². The Morgan fingerprint density at radius 3 is 2.38 bits per heavy atom. The van der Waals surface area contributed by atoms with Gasteiger partial charge < -0.3 is 14.8 Å². The number of aromatic nitrogens is 1. The molecule has 1 aromatic heterocycles. The molecule has 2 fully saturated rings. The van der Waals surface area contributed by atoms with Crippen molar-refractivity contribution >= 4 is 5.91 Å². The van der Waals surface area contributed by atoms with E-state index in [4.69, 9.17) is 0 Å². The molecule has 0 spiro atoms. The summed E-state index contributed by atoms with van der Waals surface area (Å²) in [4.78, 5) is 15.3. The molecule has 4 rings (SSSR count). The molecule has 0 saturated carbocycles. The van der Waals surface area contributed by atoms with Gasteiger partial charge in [0.15, 0.2) is 0 Å². The molecule has 26 heavy (non-hydrogen) atoms. The summed E-state index contributed by atoms with van der Waals surface area (Å²) in [6, 6.07) is 10.5. The summed E-state index contributed by atoms with van der Waals surface area (Å²) in [5.74, 6) is 1.69. The normalized spacial score (nSPS) is 23.0. The zero-order valence-corrected chi connectivity index (χ0v) is 16.1. The summed E-state index contributed by atoms with van der Waals surface area (Å²) in [7, 11) is 0. The molecule has 0 unspecified atom stereocenters. The zero-order valence-electron chi connectivity index (χ0n) is 16.1. The molecule has 1 aromatic carbocycles. The van der Waals surface area contributed by atoms with Crippen LogP contribution < -0.4 is 5.32 Å². The van der Waals surface area contributed by atoms with Gasteiger partial charge in [0.25, 0.3) is 5.91 Å². The van der Waals surface area contributed by atoms with E-state index in [-0.39, 0.29) is 5.91 Å². The lowest BCUT2D eigenvalue weighted by Crippen LogP contribution is -2.33. The van der Waals surface area contributed by atoms with Crippen LogP contribution in [-0.4, -0.2) is 41.6 Å². The van der Waals surface area contributed by atoms with Gasteiger partial charge in [-0.2, -0.15) is 0 Å². The fraction of sp³-hybridized carbons (Fsp3) is 0.500. The van der Waals surface area contributed by atoms with Crippen LogP contribution in [0.4, 0.5) is 0 Å². The lowest BCUT2D eigenvalue weighted by Gasteiger charge is -2.21. The number of carbonyl (C=O) groups excluding carboxylic acids is 1. The standard InChI is InChI=1S/C22H29N3O/c1-15-5-4-6-20(11-15)25-16(2)12-21(17(25)3)22(26)24-9-7-18-13-23-14-19(18)8-10-24/h4-6,11-12,18-19,23H,7-10,13-14H2,1-3H3/t18-,19+. The number of nitrogens with one attached hydrogen (secondary N) is 1. The van der Waals surface area contributed by atoms with Crippen molar-refractivity contribution in [3.05, 3.63) is 52.8 Å². The van der Waals surface area contributed by atoms with Gasteiger partial charge in [-0.3, -0.25) is 4.79 Å². The third-order valence-corrected chi connectivity index (χ3v) is 6.23. The predicted molar refractivity (Wildman–Crippen MR) is 105 cm³/mol. The van der Waals surface area contributed by atoms with Crippen molar-refractivity contribution in [3.63, 3.8) is 0 Å². The molecule has 2 aromatic rings. The van der Waals surface area contributed by atoms with E-state index in [0.717, 1.165) is 73.5 Å². The van der Waals surface area contributed by atoms with E-state index in [0.29, 0.717) is 0 Å². The molecule has 1 amide bonds. The van der Waals surface area contributed by atoms with Crippen LogP contribution in [0.5, 0.6) is 0 Å². The maximum absolute atomic E-state index is 13.3. The molecule has 0 aliphatic carbocycles. The minimum atomic E-state index is 0.199. The summed E-state index contributed by atoms with van der Waals surface area (Å²) in [5.41, 5.74) is 5.39. The zero-order chi connectivity index (χ0) is 18.3. The topological polar surface area (TPSA) is 37.3 Å². The Morgan fingerprint density at radius 2 is 1.73 bits per heavy atom. The van der Waals surface area contributed by atoms with E-state index in [1.54, 1.807) is 0 Å². The highest BCUT2D eigenvalue weighted by atomic mass is 16.2. The van der Waals surface area contributed by atoms with Crippen molar-refractivity contribution < 1.29 is 4.79 Å². The van der Waals surface area contributed by atoms with E-state index in [9.17, 15) is 4.79 Å². The lowest BCUT2D eigenvalue weighted by molar-refractivity contribution is 0.0758. The molecule has 4 heteroatoms. The number of hydrogen-bond acceptors (Lipinski definition) is 2. The molecular formula is C22H29N3O. The molecule has 4 nitrogen and oxygen atoms in total. The predicted octanol–water partition coefficient (Wildman–Crippen LogP) is 3.47. The molecule has 0 bridgehead atoms. The molecule has 138 valence electrons. The Balaban J connectivity index is 1.60. The summed E-state index contributed by atoms with van der Waals surface area (Å²) in [6.07, 6.45) is 2.25. The second-order valence-electron chi connectivity index (χ2n) is 8.01. The van der Waals surface area contributed by atoms with Crippen LogP contribution in [0.1, 0.15) is 40.2 Å². The maximum Gasteiger partial charge on any atom is 0.255 e. The first-order valence-electron chi connectivity index (χ1n) is 9.80. The van der Waals surface area contributed by atoms with Gasteiger partial charge >= 0.3 is 0 Å². The molecule has 0 radical (unpaired) electrons. The summed E-state index contributed by atoms with van der Waals surface area (Å²) < 4.78 is 2.21. The van der Waals surface area contributed by atoms with E-state index in [2.05, 4.69) is 65.9 Å². The average Bonchev–Trinajstić information content (AvgIpc) is 3.12. The average molecular weight is 351 g/mol. The summed E-state index contributed by atoms with van der Waals surface area (Å²) in [6.45, 7) is 10.3. The van der Waals surface area contributed by atoms with Crippen LogP contribution in [0.15, 0.2) is 30.3 Å². The first-order valence-corrected chi connectivity index (χ1v) is 9.80. The SMILES string of the molecule is Cc1cccc(-n2c(C)cc(C(=O)N3CC[C@@H]4CNC[C@@H]4CC3)c2C)c1. The van der Waals surface area contributed by atoms with E-state index >= 15 is 0 Å². The minimum Gasteiger partial charge on any atom is -0.339 e. The van der Waals surface area contributed by atoms with E-state index in [1.807, 2.05) is 0 Å². The number of fused-ring (bicyclic) bond motifs is 1. The fourth-order valence-corrected chi connectivity index (χ4v) is 4.74. The van der Waals surface area contributed by atoms with Crippen LogP contribution in [-0.2, 0) is 0 Å². The van der Waals surface area contributed by atoms with Crippen LogP contribution in [0, 0.1) is 32.6 Å². The minimum absolute atomic E-state index is 0.199. The number of aryl methyl sites for hydroxylation is 2. The largest absolute Gasteiger partial charge is 0.339 e. The number of rotatable bonds is 2. The van der Waals surface area contributed by atoms with Gasteiger partial charge in [-0.1, -0.05) is 12.1 Å². The molecule has 2 saturated heterocycles. The monoisotopic (exact) mass is 351 g/mol. The smallest absolute Gasteiger partial charge is 0.255 e. The van der Waals surface area contributed by atoms with Crippen molar-refractivity contribution in [2.75, 3.05) is 26.2 Å². The fourth-order valence-electron chi connectivity index (χ4n) is 4.74. The highest BCUT2D eigenvalue weighted by Crippen LogP contribution is 2.29. The highest BCUT2D eigenvalue weighted by Gasteiger charge is 2.32. The summed E-state index contributed by atoms with van der Waals surface area (Å²) >= 11 is 0. The quantitative estimate of drug-likeness (QED) is 0.899. The number of nitrogens with zero attached hydrogens (tertiary/aromatic N) is 2. The van der Waals surface area contributed by atoms with Gasteiger partial charge in [0, 0.05) is 30.2 Å². The Morgan fingerprint density at radius 1 is 1.04 bits per heavy atom. The third kappa shape index (κ3) is 3.07. The highest BCUT2D eigenvalue weighted by molar-refractivity contribution is 5.96. The van der Waals surface area contributed by atoms with Gasteiger partial charge in [0.2, 0.25) is 0 Å². The number of hydrogen-bond donors (Lipinski definition) is 1. The van der Waals surface area contributed by atoms with E-state index < -0.39 is 0 Å². The first kappa shape index (κ1) is 17.3. The van der Waals surface area contributed by atoms with Crippen LogP contribution in [0.2, 0.25) is 0 Å². The van der Waals surface area contributed by atoms with Crippen molar-refractivity contribution in [3.8, 4) is 5.69 Å². The van der Waals surface area contributed by atoms with Crippen LogP contribution in [0.3, 0.4) is 0 Å². The number of amides is 1. The Labute approximate surface area is 156 Å². The lowest BCUT2D eigenvalue weighted by atomic mass is 9.92. The van der Waals surface area contributed by atoms with Gasteiger partial charge in [-0.25, -0.2) is 0 Å². The molecule has 2 aliphatic heterocycles. The Bertz CT molecular complexity index is 809. The van der Waals surface area contributed by atoms with Crippen molar-refractivity contribution in [1.82, 2.24) is 14.8 Å². The Kier molecular flexibility index (Phi) is 4.62. The van der Waals surface area contributed by atoms with Gasteiger partial charge in [0.1, 0.15) is 0 Å². The molecule has 3 heterocycles. The van der Waals surface area contributed by atoms with Crippen LogP contribution in [0.25, 0.3) is 5.69 Å². The van der Waals surface area contributed by atoms with Crippen molar-refractivity contribution in [1.29, 1.82) is 0 Å². The second kappa shape index (κ2) is 6.92. The molecule has 1 N–H and O–H groups in total. The second-order valence-corrected chi connectivity index (χ2v) is 8.01. The molecule has 2 atom stereocenters. The molecular weight excluding hydrogens is 322 g/mol. The Hall–Kier alpha value is -2.07. The third-order valence-electron chi connectivity index (χ3n) is 6.23. The maximum atomic E-state index is 13.3. The summed E-state index contributed by atoms with van der Waals surface area (Å²) in [5, 5.41) is 3.50. The number of likely N-dealkylation sites (tertiary alicyclic amines) is 1. The van der Waals surface area contributed by atoms with Gasteiger partial charge in [0.05, 0.1) is 5.56 Å². The van der Waals surface area contributed by atoms with Crippen molar-refractivity contribution in [2.45, 2.75) is 33.6 Å². The van der Waals surface area contributed by atoms with E-state index in [1.165, 1.54) is 5.56 Å². The van der Waals surface area contributed by atoms with Gasteiger partial charge in [-0.05, 0) is 82.3 Å². The number of benzene rings is 1. The van der Waals surface area contributed by atoms with Crippen LogP contribution >= 0.6 is 0 Å². The van der Waals surface area contributed by atoms with Gasteiger partial charge in [-0.15, -0.1) is 0 Å².